The molecule has 5 rings (SSSR count). The van der Waals surface area contributed by atoms with E-state index < -0.39 is 0 Å². The number of fused-ring (bicyclic) bond motifs is 2. The van der Waals surface area contributed by atoms with Gasteiger partial charge in [-0.15, -0.1) is 0 Å². The van der Waals surface area contributed by atoms with Crippen LogP contribution in [0, 0.1) is 6.92 Å². The minimum atomic E-state index is 0.0493. The summed E-state index contributed by atoms with van der Waals surface area (Å²) < 4.78 is 0. The Morgan fingerprint density at radius 2 is 1.92 bits per heavy atom. The second kappa shape index (κ2) is 5.80. The maximum atomic E-state index is 12.5. The number of nitrogens with one attached hydrogen (secondary N) is 2. The van der Waals surface area contributed by atoms with Gasteiger partial charge in [-0.1, -0.05) is 12.8 Å². The number of rotatable bonds is 2. The maximum absolute atomic E-state index is 12.5. The fraction of sp³-hybridized carbons (Fsp3) is 0.286. The van der Waals surface area contributed by atoms with E-state index in [1.165, 1.54) is 12.8 Å². The molecule has 130 valence electrons. The first-order chi connectivity index (χ1) is 12.7. The summed E-state index contributed by atoms with van der Waals surface area (Å²) in [6.45, 7) is 1.98. The molecule has 0 amide bonds. The number of aryl methyl sites for hydroxylation is 1. The molecule has 4 aromatic rings. The molecule has 1 aliphatic rings. The predicted molar refractivity (Wildman–Crippen MR) is 103 cm³/mol. The lowest BCUT2D eigenvalue weighted by Gasteiger charge is -2.10. The summed E-state index contributed by atoms with van der Waals surface area (Å²) in [5, 5.41) is 9.73. The van der Waals surface area contributed by atoms with Gasteiger partial charge in [0, 0.05) is 28.4 Å². The highest BCUT2D eigenvalue weighted by Crippen LogP contribution is 2.34. The predicted octanol–water partition coefficient (Wildman–Crippen LogP) is 4.43. The molecule has 0 bridgehead atoms. The van der Waals surface area contributed by atoms with Gasteiger partial charge in [0.15, 0.2) is 0 Å². The summed E-state index contributed by atoms with van der Waals surface area (Å²) >= 11 is 0. The van der Waals surface area contributed by atoms with E-state index >= 15 is 0 Å². The Labute approximate surface area is 150 Å². The highest BCUT2D eigenvalue weighted by Gasteiger charge is 2.20. The van der Waals surface area contributed by atoms with Crippen LogP contribution in [0.2, 0.25) is 0 Å². The Hall–Kier alpha value is -2.95. The molecule has 5 heteroatoms. The van der Waals surface area contributed by atoms with Crippen LogP contribution in [-0.2, 0) is 0 Å². The molecular formula is C21H20N4O. The summed E-state index contributed by atoms with van der Waals surface area (Å²) in [7, 11) is 0. The molecule has 0 aliphatic heterocycles. The lowest BCUT2D eigenvalue weighted by atomic mass is 9.97. The molecule has 1 fully saturated rings. The van der Waals surface area contributed by atoms with E-state index in [2.05, 4.69) is 32.3 Å². The van der Waals surface area contributed by atoms with Crippen LogP contribution >= 0.6 is 0 Å². The molecule has 0 saturated heterocycles. The number of hydrogen-bond donors (Lipinski definition) is 2. The van der Waals surface area contributed by atoms with Crippen molar-refractivity contribution in [3.05, 3.63) is 58.1 Å². The molecule has 5 nitrogen and oxygen atoms in total. The monoisotopic (exact) mass is 344 g/mol. The van der Waals surface area contributed by atoms with Crippen molar-refractivity contribution in [1.82, 2.24) is 20.2 Å². The second-order valence-corrected chi connectivity index (χ2v) is 7.28. The van der Waals surface area contributed by atoms with Crippen molar-refractivity contribution in [3.8, 4) is 11.3 Å². The van der Waals surface area contributed by atoms with Crippen LogP contribution in [-0.4, -0.2) is 20.2 Å². The molecule has 0 radical (unpaired) electrons. The van der Waals surface area contributed by atoms with Crippen LogP contribution in [0.4, 0.5) is 0 Å². The summed E-state index contributed by atoms with van der Waals surface area (Å²) in [5.41, 5.74) is 5.68. The van der Waals surface area contributed by atoms with Gasteiger partial charge in [0.2, 0.25) is 0 Å². The smallest absolute Gasteiger partial charge is 0.251 e. The summed E-state index contributed by atoms with van der Waals surface area (Å²) in [6, 6.07) is 10.2. The SMILES string of the molecule is Cc1cc(-c2n[nH]c3cc4[nH]c(=O)c(C5CCCC5)cc4cc23)ccn1. The van der Waals surface area contributed by atoms with Crippen molar-refractivity contribution < 1.29 is 0 Å². The number of nitrogens with zero attached hydrogens (tertiary/aromatic N) is 2. The molecule has 0 atom stereocenters. The van der Waals surface area contributed by atoms with Crippen LogP contribution in [0.15, 0.2) is 41.3 Å². The lowest BCUT2D eigenvalue weighted by Crippen LogP contribution is -2.14. The van der Waals surface area contributed by atoms with Crippen molar-refractivity contribution in [2.75, 3.05) is 0 Å². The van der Waals surface area contributed by atoms with E-state index in [0.717, 1.165) is 57.2 Å². The summed E-state index contributed by atoms with van der Waals surface area (Å²) in [4.78, 5) is 19.9. The molecule has 3 heterocycles. The third-order valence-corrected chi connectivity index (χ3v) is 5.52. The van der Waals surface area contributed by atoms with Gasteiger partial charge in [0.05, 0.1) is 11.0 Å². The van der Waals surface area contributed by atoms with Crippen LogP contribution < -0.4 is 5.56 Å². The molecule has 1 aliphatic carbocycles. The quantitative estimate of drug-likeness (QED) is 0.565. The Morgan fingerprint density at radius 1 is 1.08 bits per heavy atom. The Bertz CT molecular complexity index is 1180. The number of pyridine rings is 2. The zero-order valence-corrected chi connectivity index (χ0v) is 14.7. The number of benzene rings is 1. The van der Waals surface area contributed by atoms with Crippen molar-refractivity contribution >= 4 is 21.8 Å². The zero-order chi connectivity index (χ0) is 17.7. The van der Waals surface area contributed by atoms with Gasteiger partial charge >= 0.3 is 0 Å². The molecular weight excluding hydrogens is 324 g/mol. The van der Waals surface area contributed by atoms with Crippen LogP contribution in [0.1, 0.15) is 42.9 Å². The van der Waals surface area contributed by atoms with Crippen molar-refractivity contribution in [3.63, 3.8) is 0 Å². The second-order valence-electron chi connectivity index (χ2n) is 7.28. The Kier molecular flexibility index (Phi) is 3.42. The highest BCUT2D eigenvalue weighted by molar-refractivity contribution is 6.01. The average Bonchev–Trinajstić information content (AvgIpc) is 3.29. The van der Waals surface area contributed by atoms with Gasteiger partial charge in [0.1, 0.15) is 5.69 Å². The highest BCUT2D eigenvalue weighted by atomic mass is 16.1. The first-order valence-electron chi connectivity index (χ1n) is 9.17. The van der Waals surface area contributed by atoms with Gasteiger partial charge in [-0.3, -0.25) is 14.9 Å². The summed E-state index contributed by atoms with van der Waals surface area (Å²) in [5.74, 6) is 0.394. The fourth-order valence-electron chi connectivity index (χ4n) is 4.19. The summed E-state index contributed by atoms with van der Waals surface area (Å²) in [6.07, 6.45) is 6.47. The number of hydrogen-bond acceptors (Lipinski definition) is 3. The third-order valence-electron chi connectivity index (χ3n) is 5.52. The van der Waals surface area contributed by atoms with E-state index in [9.17, 15) is 4.79 Å². The lowest BCUT2D eigenvalue weighted by molar-refractivity contribution is 0.714. The van der Waals surface area contributed by atoms with Crippen LogP contribution in [0.25, 0.3) is 33.1 Å². The largest absolute Gasteiger partial charge is 0.322 e. The van der Waals surface area contributed by atoms with E-state index in [4.69, 9.17) is 0 Å². The Morgan fingerprint density at radius 3 is 2.73 bits per heavy atom. The number of aromatic nitrogens is 4. The first-order valence-corrected chi connectivity index (χ1v) is 9.17. The molecule has 0 spiro atoms. The molecule has 0 unspecified atom stereocenters. The van der Waals surface area contributed by atoms with E-state index in [-0.39, 0.29) is 5.56 Å². The average molecular weight is 344 g/mol. The third kappa shape index (κ3) is 2.43. The standard InChI is InChI=1S/C21H20N4O/c1-12-8-14(6-7-22-12)20-17-10-15-9-16(13-4-2-3-5-13)21(26)23-18(15)11-19(17)24-25-20/h6-11,13H,2-5H2,1H3,(H,23,26)(H,24,25). The maximum Gasteiger partial charge on any atom is 0.251 e. The van der Waals surface area contributed by atoms with Gasteiger partial charge in [0.25, 0.3) is 5.56 Å². The van der Waals surface area contributed by atoms with Gasteiger partial charge in [-0.2, -0.15) is 5.10 Å². The topological polar surface area (TPSA) is 74.4 Å². The van der Waals surface area contributed by atoms with Crippen LogP contribution in [0.3, 0.4) is 0 Å². The Balaban J connectivity index is 1.72. The van der Waals surface area contributed by atoms with E-state index in [0.29, 0.717) is 5.92 Å². The zero-order valence-electron chi connectivity index (χ0n) is 14.7. The van der Waals surface area contributed by atoms with E-state index in [1.807, 2.05) is 31.3 Å². The van der Waals surface area contributed by atoms with Gasteiger partial charge < -0.3 is 4.98 Å². The van der Waals surface area contributed by atoms with E-state index in [1.54, 1.807) is 0 Å². The van der Waals surface area contributed by atoms with Crippen LogP contribution in [0.5, 0.6) is 0 Å². The minimum absolute atomic E-state index is 0.0493. The number of aromatic amines is 2. The van der Waals surface area contributed by atoms with Crippen molar-refractivity contribution in [2.24, 2.45) is 0 Å². The fourth-order valence-corrected chi connectivity index (χ4v) is 4.19. The van der Waals surface area contributed by atoms with Crippen molar-refractivity contribution in [1.29, 1.82) is 0 Å². The minimum Gasteiger partial charge on any atom is -0.322 e. The first kappa shape index (κ1) is 15.3. The van der Waals surface area contributed by atoms with Gasteiger partial charge in [-0.05, 0) is 61.4 Å². The molecule has 26 heavy (non-hydrogen) atoms. The molecule has 1 saturated carbocycles. The molecule has 1 aromatic carbocycles. The number of H-pyrrole nitrogens is 2. The van der Waals surface area contributed by atoms with Crippen molar-refractivity contribution in [2.45, 2.75) is 38.5 Å². The molecule has 3 aromatic heterocycles. The molecule has 2 N–H and O–H groups in total. The normalized spacial score (nSPS) is 15.3. The van der Waals surface area contributed by atoms with Gasteiger partial charge in [-0.25, -0.2) is 0 Å².